The van der Waals surface area contributed by atoms with Crippen LogP contribution in [0.1, 0.15) is 11.1 Å². The SMILES string of the molecule is COC(=O)C(C(=O)OC)=C1CN=C(c2cccnc2)c2ccccc2N1. The summed E-state index contributed by atoms with van der Waals surface area (Å²) < 4.78 is 9.47. The van der Waals surface area contributed by atoms with Crippen molar-refractivity contribution >= 4 is 23.3 Å². The van der Waals surface area contributed by atoms with Crippen LogP contribution < -0.4 is 5.32 Å². The van der Waals surface area contributed by atoms with Crippen molar-refractivity contribution in [1.29, 1.82) is 0 Å². The van der Waals surface area contributed by atoms with Crippen LogP contribution in [0, 0.1) is 0 Å². The fourth-order valence-electron chi connectivity index (χ4n) is 2.67. The number of aliphatic imine (C=N–C) groups is 1. The first-order valence-corrected chi connectivity index (χ1v) is 7.86. The number of rotatable bonds is 3. The minimum Gasteiger partial charge on any atom is -0.465 e. The van der Waals surface area contributed by atoms with Crippen molar-refractivity contribution < 1.29 is 19.1 Å². The van der Waals surface area contributed by atoms with Crippen molar-refractivity contribution in [3.05, 3.63) is 71.2 Å². The molecule has 2 heterocycles. The summed E-state index contributed by atoms with van der Waals surface area (Å²) in [6, 6.07) is 11.2. The molecule has 0 bridgehead atoms. The largest absolute Gasteiger partial charge is 0.465 e. The molecule has 0 saturated carbocycles. The van der Waals surface area contributed by atoms with Crippen LogP contribution in [0.5, 0.6) is 0 Å². The van der Waals surface area contributed by atoms with Gasteiger partial charge < -0.3 is 14.8 Å². The molecule has 0 spiro atoms. The highest BCUT2D eigenvalue weighted by atomic mass is 16.5. The van der Waals surface area contributed by atoms with Crippen LogP contribution in [0.2, 0.25) is 0 Å². The number of hydrogen-bond donors (Lipinski definition) is 1. The summed E-state index contributed by atoms with van der Waals surface area (Å²) in [5.41, 5.74) is 3.21. The van der Waals surface area contributed by atoms with E-state index in [0.717, 1.165) is 11.1 Å². The summed E-state index contributed by atoms with van der Waals surface area (Å²) in [7, 11) is 2.42. The normalized spacial score (nSPS) is 12.8. The Morgan fingerprint density at radius 1 is 1.04 bits per heavy atom. The predicted molar refractivity (Wildman–Crippen MR) is 95.9 cm³/mol. The fourth-order valence-corrected chi connectivity index (χ4v) is 2.67. The van der Waals surface area contributed by atoms with Gasteiger partial charge in [0.15, 0.2) is 5.57 Å². The Bertz CT molecular complexity index is 886. The highest BCUT2D eigenvalue weighted by molar-refractivity contribution is 6.18. The average Bonchev–Trinajstić information content (AvgIpc) is 2.88. The van der Waals surface area contributed by atoms with Gasteiger partial charge in [-0.1, -0.05) is 18.2 Å². The predicted octanol–water partition coefficient (Wildman–Crippen LogP) is 1.94. The van der Waals surface area contributed by atoms with E-state index in [-0.39, 0.29) is 12.1 Å². The summed E-state index contributed by atoms with van der Waals surface area (Å²) >= 11 is 0. The Morgan fingerprint density at radius 2 is 1.77 bits per heavy atom. The maximum Gasteiger partial charge on any atom is 0.347 e. The van der Waals surface area contributed by atoms with E-state index in [9.17, 15) is 9.59 Å². The summed E-state index contributed by atoms with van der Waals surface area (Å²) in [6.07, 6.45) is 3.40. The van der Waals surface area contributed by atoms with Gasteiger partial charge in [0, 0.05) is 29.2 Å². The van der Waals surface area contributed by atoms with Crippen molar-refractivity contribution in [3.63, 3.8) is 0 Å². The van der Waals surface area contributed by atoms with Gasteiger partial charge >= 0.3 is 11.9 Å². The monoisotopic (exact) mass is 351 g/mol. The molecule has 3 rings (SSSR count). The fraction of sp³-hybridized carbons (Fsp3) is 0.158. The number of aromatic nitrogens is 1. The standard InChI is InChI=1S/C19H17N3O4/c1-25-18(23)16(19(24)26-2)15-11-21-17(12-6-5-9-20-10-12)13-7-3-4-8-14(13)22-15/h3-10,22H,11H2,1-2H3. The van der Waals surface area contributed by atoms with Gasteiger partial charge in [0.2, 0.25) is 0 Å². The Kier molecular flexibility index (Phi) is 5.07. The minimum absolute atomic E-state index is 0.0818. The quantitative estimate of drug-likeness (QED) is 0.393. The molecule has 1 aliphatic heterocycles. The van der Waals surface area contributed by atoms with Crippen molar-refractivity contribution in [2.24, 2.45) is 4.99 Å². The lowest BCUT2D eigenvalue weighted by Crippen LogP contribution is -2.22. The first-order valence-electron chi connectivity index (χ1n) is 7.86. The lowest BCUT2D eigenvalue weighted by atomic mass is 10.0. The van der Waals surface area contributed by atoms with E-state index in [1.54, 1.807) is 12.4 Å². The molecule has 0 amide bonds. The number of esters is 2. The zero-order chi connectivity index (χ0) is 18.5. The molecule has 0 fully saturated rings. The molecule has 1 aliphatic rings. The molecule has 1 N–H and O–H groups in total. The number of nitrogens with one attached hydrogen (secondary N) is 1. The number of nitrogens with zero attached hydrogens (tertiary/aromatic N) is 2. The molecule has 132 valence electrons. The third kappa shape index (κ3) is 3.32. The Hall–Kier alpha value is -3.48. The summed E-state index contributed by atoms with van der Waals surface area (Å²) in [6.45, 7) is 0.0818. The number of hydrogen-bond acceptors (Lipinski definition) is 7. The van der Waals surface area contributed by atoms with Crippen LogP contribution >= 0.6 is 0 Å². The van der Waals surface area contributed by atoms with Crippen molar-refractivity contribution in [1.82, 2.24) is 4.98 Å². The van der Waals surface area contributed by atoms with Gasteiger partial charge in [-0.2, -0.15) is 0 Å². The average molecular weight is 351 g/mol. The molecule has 0 atom stereocenters. The van der Waals surface area contributed by atoms with Crippen LogP contribution in [0.3, 0.4) is 0 Å². The number of para-hydroxylation sites is 1. The Balaban J connectivity index is 2.18. The number of carbonyl (C=O) groups excluding carboxylic acids is 2. The lowest BCUT2D eigenvalue weighted by molar-refractivity contribution is -0.144. The topological polar surface area (TPSA) is 89.9 Å². The van der Waals surface area contributed by atoms with Crippen molar-refractivity contribution in [2.45, 2.75) is 0 Å². The van der Waals surface area contributed by atoms with E-state index < -0.39 is 11.9 Å². The zero-order valence-electron chi connectivity index (χ0n) is 14.4. The second kappa shape index (κ2) is 7.60. The zero-order valence-corrected chi connectivity index (χ0v) is 14.4. The molecule has 2 aromatic rings. The second-order valence-electron chi connectivity index (χ2n) is 5.41. The number of anilines is 1. The third-order valence-corrected chi connectivity index (χ3v) is 3.88. The van der Waals surface area contributed by atoms with E-state index >= 15 is 0 Å². The second-order valence-corrected chi connectivity index (χ2v) is 5.41. The molecule has 0 radical (unpaired) electrons. The van der Waals surface area contributed by atoms with E-state index in [2.05, 4.69) is 15.3 Å². The van der Waals surface area contributed by atoms with Crippen molar-refractivity contribution in [3.8, 4) is 0 Å². The maximum atomic E-state index is 12.1. The number of methoxy groups -OCH3 is 2. The number of pyridine rings is 1. The van der Waals surface area contributed by atoms with E-state index in [1.165, 1.54) is 14.2 Å². The first-order chi connectivity index (χ1) is 12.7. The molecule has 1 aromatic carbocycles. The number of ether oxygens (including phenoxy) is 2. The lowest BCUT2D eigenvalue weighted by Gasteiger charge is -2.13. The van der Waals surface area contributed by atoms with E-state index in [0.29, 0.717) is 17.1 Å². The molecule has 0 unspecified atom stereocenters. The number of carbonyl (C=O) groups is 2. The van der Waals surface area contributed by atoms with E-state index in [4.69, 9.17) is 9.47 Å². The van der Waals surface area contributed by atoms with Gasteiger partial charge in [0.05, 0.1) is 32.2 Å². The van der Waals surface area contributed by atoms with Crippen LogP contribution in [0.25, 0.3) is 0 Å². The molecule has 7 heteroatoms. The smallest absolute Gasteiger partial charge is 0.347 e. The highest BCUT2D eigenvalue weighted by Crippen LogP contribution is 2.26. The van der Waals surface area contributed by atoms with Gasteiger partial charge in [-0.05, 0) is 18.2 Å². The van der Waals surface area contributed by atoms with Gasteiger partial charge in [-0.3, -0.25) is 9.98 Å². The van der Waals surface area contributed by atoms with Crippen LogP contribution in [-0.4, -0.2) is 43.4 Å². The molecular weight excluding hydrogens is 334 g/mol. The molecule has 1 aromatic heterocycles. The first kappa shape index (κ1) is 17.3. The van der Waals surface area contributed by atoms with Crippen LogP contribution in [0.15, 0.2) is 65.1 Å². The van der Waals surface area contributed by atoms with Crippen LogP contribution in [-0.2, 0) is 19.1 Å². The van der Waals surface area contributed by atoms with Crippen LogP contribution in [0.4, 0.5) is 5.69 Å². The molecule has 7 nitrogen and oxygen atoms in total. The Labute approximate surface area is 150 Å². The molecular formula is C19H17N3O4. The van der Waals surface area contributed by atoms with Gasteiger partial charge in [-0.25, -0.2) is 9.59 Å². The van der Waals surface area contributed by atoms with Gasteiger partial charge in [0.1, 0.15) is 0 Å². The number of fused-ring (bicyclic) bond motifs is 1. The van der Waals surface area contributed by atoms with E-state index in [1.807, 2.05) is 36.4 Å². The van der Waals surface area contributed by atoms with Gasteiger partial charge in [0.25, 0.3) is 0 Å². The third-order valence-electron chi connectivity index (χ3n) is 3.88. The summed E-state index contributed by atoms with van der Waals surface area (Å²) in [5, 5.41) is 3.13. The molecule has 26 heavy (non-hydrogen) atoms. The highest BCUT2D eigenvalue weighted by Gasteiger charge is 2.27. The summed E-state index contributed by atoms with van der Waals surface area (Å²) in [4.78, 5) is 33.0. The number of benzodiazepines with no additional fused rings is 1. The maximum absolute atomic E-state index is 12.1. The van der Waals surface area contributed by atoms with Gasteiger partial charge in [-0.15, -0.1) is 0 Å². The summed E-state index contributed by atoms with van der Waals surface area (Å²) in [5.74, 6) is -1.56. The minimum atomic E-state index is -0.781. The van der Waals surface area contributed by atoms with Crippen molar-refractivity contribution in [2.75, 3.05) is 26.1 Å². The molecule has 0 aliphatic carbocycles. The number of benzene rings is 1. The Morgan fingerprint density at radius 3 is 2.42 bits per heavy atom. The molecule has 0 saturated heterocycles.